The molecule has 1 fully saturated rings. The molecular formula is C20H22N4O. The van der Waals surface area contributed by atoms with Crippen LogP contribution in [0.15, 0.2) is 55.0 Å². The molecule has 0 atom stereocenters. The number of amides is 1. The van der Waals surface area contributed by atoms with Gasteiger partial charge in [-0.3, -0.25) is 14.7 Å². The second-order valence-corrected chi connectivity index (χ2v) is 6.49. The fraction of sp³-hybridized carbons (Fsp3) is 0.300. The molecule has 1 saturated heterocycles. The van der Waals surface area contributed by atoms with Gasteiger partial charge in [0.15, 0.2) is 0 Å². The van der Waals surface area contributed by atoms with E-state index in [0.717, 1.165) is 39.1 Å². The van der Waals surface area contributed by atoms with E-state index in [0.29, 0.717) is 5.56 Å². The van der Waals surface area contributed by atoms with Crippen LogP contribution in [0.1, 0.15) is 15.9 Å². The molecular weight excluding hydrogens is 312 g/mol. The number of para-hydroxylation sites is 1. The molecule has 0 aliphatic carbocycles. The molecule has 4 rings (SSSR count). The average Bonchev–Trinajstić information content (AvgIpc) is 3.10. The summed E-state index contributed by atoms with van der Waals surface area (Å²) >= 11 is 0. The zero-order valence-corrected chi connectivity index (χ0v) is 14.2. The Morgan fingerprint density at radius 3 is 2.72 bits per heavy atom. The van der Waals surface area contributed by atoms with E-state index in [4.69, 9.17) is 0 Å². The monoisotopic (exact) mass is 334 g/mol. The van der Waals surface area contributed by atoms with Crippen LogP contribution in [0.2, 0.25) is 0 Å². The first-order chi connectivity index (χ1) is 12.3. The molecule has 0 radical (unpaired) electrons. The summed E-state index contributed by atoms with van der Waals surface area (Å²) in [5.41, 5.74) is 3.24. The minimum Gasteiger partial charge on any atom is -0.361 e. The Bertz CT molecular complexity index is 850. The second kappa shape index (κ2) is 7.07. The van der Waals surface area contributed by atoms with Crippen LogP contribution in [-0.2, 0) is 6.42 Å². The molecule has 3 heterocycles. The number of hydrogen-bond acceptors (Lipinski definition) is 3. The van der Waals surface area contributed by atoms with Gasteiger partial charge >= 0.3 is 0 Å². The third-order valence-corrected chi connectivity index (χ3v) is 4.94. The fourth-order valence-corrected chi connectivity index (χ4v) is 3.46. The van der Waals surface area contributed by atoms with Crippen molar-refractivity contribution in [1.82, 2.24) is 19.8 Å². The van der Waals surface area contributed by atoms with E-state index in [2.05, 4.69) is 45.3 Å². The SMILES string of the molecule is O=C(c1cccnc1)N1CCN(CCc2c[nH]c3ccccc23)CC1. The van der Waals surface area contributed by atoms with Gasteiger partial charge in [-0.05, 0) is 30.2 Å². The van der Waals surface area contributed by atoms with Gasteiger partial charge < -0.3 is 9.88 Å². The van der Waals surface area contributed by atoms with Crippen molar-refractivity contribution < 1.29 is 4.79 Å². The van der Waals surface area contributed by atoms with Gasteiger partial charge in [0.1, 0.15) is 0 Å². The number of piperazine rings is 1. The Labute approximate surface area is 147 Å². The number of aromatic amines is 1. The molecule has 5 nitrogen and oxygen atoms in total. The first kappa shape index (κ1) is 15.8. The third kappa shape index (κ3) is 3.42. The number of nitrogens with zero attached hydrogens (tertiary/aromatic N) is 3. The fourth-order valence-electron chi connectivity index (χ4n) is 3.46. The lowest BCUT2D eigenvalue weighted by molar-refractivity contribution is 0.0638. The molecule has 3 aromatic rings. The molecule has 25 heavy (non-hydrogen) atoms. The summed E-state index contributed by atoms with van der Waals surface area (Å²) in [5, 5.41) is 1.31. The van der Waals surface area contributed by atoms with Crippen molar-refractivity contribution in [2.24, 2.45) is 0 Å². The van der Waals surface area contributed by atoms with Crippen LogP contribution >= 0.6 is 0 Å². The Balaban J connectivity index is 1.31. The number of benzene rings is 1. The van der Waals surface area contributed by atoms with E-state index in [1.807, 2.05) is 17.0 Å². The summed E-state index contributed by atoms with van der Waals surface area (Å²) in [7, 11) is 0. The first-order valence-corrected chi connectivity index (χ1v) is 8.78. The molecule has 2 aromatic heterocycles. The number of fused-ring (bicyclic) bond motifs is 1. The van der Waals surface area contributed by atoms with Crippen LogP contribution in [0.3, 0.4) is 0 Å². The van der Waals surface area contributed by atoms with Crippen molar-refractivity contribution in [1.29, 1.82) is 0 Å². The van der Waals surface area contributed by atoms with Crippen molar-refractivity contribution >= 4 is 16.8 Å². The van der Waals surface area contributed by atoms with Crippen LogP contribution in [0.5, 0.6) is 0 Å². The number of carbonyl (C=O) groups excluding carboxylic acids is 1. The number of hydrogen-bond donors (Lipinski definition) is 1. The summed E-state index contributed by atoms with van der Waals surface area (Å²) in [4.78, 5) is 24.2. The lowest BCUT2D eigenvalue weighted by Gasteiger charge is -2.34. The number of aromatic nitrogens is 2. The standard InChI is InChI=1S/C20H22N4O/c25-20(17-4-3-8-21-14-17)24-12-10-23(11-13-24)9-7-16-15-22-19-6-2-1-5-18(16)19/h1-6,8,14-15,22H,7,9-13H2. The minimum absolute atomic E-state index is 0.0874. The van der Waals surface area contributed by atoms with Gasteiger partial charge in [0, 0.05) is 62.2 Å². The molecule has 128 valence electrons. The second-order valence-electron chi connectivity index (χ2n) is 6.49. The number of rotatable bonds is 4. The lowest BCUT2D eigenvalue weighted by Crippen LogP contribution is -2.49. The van der Waals surface area contributed by atoms with Crippen LogP contribution in [0.25, 0.3) is 10.9 Å². The van der Waals surface area contributed by atoms with Crippen molar-refractivity contribution in [2.75, 3.05) is 32.7 Å². The number of H-pyrrole nitrogens is 1. The molecule has 5 heteroatoms. The molecule has 1 aliphatic rings. The molecule has 0 bridgehead atoms. The molecule has 0 spiro atoms. The molecule has 0 saturated carbocycles. The molecule has 1 N–H and O–H groups in total. The quantitative estimate of drug-likeness (QED) is 0.798. The number of pyridine rings is 1. The van der Waals surface area contributed by atoms with E-state index in [9.17, 15) is 4.79 Å². The molecule has 1 aromatic carbocycles. The maximum absolute atomic E-state index is 12.5. The Morgan fingerprint density at radius 2 is 1.92 bits per heavy atom. The highest BCUT2D eigenvalue weighted by Crippen LogP contribution is 2.18. The Morgan fingerprint density at radius 1 is 1.08 bits per heavy atom. The normalized spacial score (nSPS) is 15.6. The minimum atomic E-state index is 0.0874. The van der Waals surface area contributed by atoms with Crippen molar-refractivity contribution in [2.45, 2.75) is 6.42 Å². The van der Waals surface area contributed by atoms with E-state index in [1.54, 1.807) is 12.4 Å². The van der Waals surface area contributed by atoms with Crippen molar-refractivity contribution in [3.8, 4) is 0 Å². The van der Waals surface area contributed by atoms with Gasteiger partial charge in [-0.1, -0.05) is 18.2 Å². The smallest absolute Gasteiger partial charge is 0.255 e. The summed E-state index contributed by atoms with van der Waals surface area (Å²) in [6, 6.07) is 12.1. The highest BCUT2D eigenvalue weighted by molar-refractivity contribution is 5.93. The van der Waals surface area contributed by atoms with Crippen LogP contribution in [-0.4, -0.2) is 58.4 Å². The van der Waals surface area contributed by atoms with Crippen LogP contribution in [0, 0.1) is 0 Å². The molecule has 1 amide bonds. The van der Waals surface area contributed by atoms with Gasteiger partial charge in [-0.15, -0.1) is 0 Å². The summed E-state index contributed by atoms with van der Waals surface area (Å²) in [6.07, 6.45) is 6.48. The zero-order chi connectivity index (χ0) is 17.1. The number of carbonyl (C=O) groups is 1. The summed E-state index contributed by atoms with van der Waals surface area (Å²) in [5.74, 6) is 0.0874. The topological polar surface area (TPSA) is 52.2 Å². The summed E-state index contributed by atoms with van der Waals surface area (Å²) < 4.78 is 0. The molecule has 1 aliphatic heterocycles. The third-order valence-electron chi connectivity index (χ3n) is 4.94. The Kier molecular flexibility index (Phi) is 4.48. The van der Waals surface area contributed by atoms with Gasteiger partial charge in [-0.25, -0.2) is 0 Å². The lowest BCUT2D eigenvalue weighted by atomic mass is 10.1. The van der Waals surface area contributed by atoms with Gasteiger partial charge in [-0.2, -0.15) is 0 Å². The highest BCUT2D eigenvalue weighted by atomic mass is 16.2. The maximum atomic E-state index is 12.5. The first-order valence-electron chi connectivity index (χ1n) is 8.78. The van der Waals surface area contributed by atoms with E-state index >= 15 is 0 Å². The van der Waals surface area contributed by atoms with Crippen LogP contribution in [0.4, 0.5) is 0 Å². The predicted octanol–water partition coefficient (Wildman–Crippen LogP) is 2.56. The van der Waals surface area contributed by atoms with E-state index in [-0.39, 0.29) is 5.91 Å². The van der Waals surface area contributed by atoms with Crippen LogP contribution < -0.4 is 0 Å². The largest absolute Gasteiger partial charge is 0.361 e. The predicted molar refractivity (Wildman–Crippen MR) is 98.6 cm³/mol. The van der Waals surface area contributed by atoms with Gasteiger partial charge in [0.2, 0.25) is 0 Å². The maximum Gasteiger partial charge on any atom is 0.255 e. The highest BCUT2D eigenvalue weighted by Gasteiger charge is 2.22. The van der Waals surface area contributed by atoms with E-state index in [1.165, 1.54) is 16.5 Å². The summed E-state index contributed by atoms with van der Waals surface area (Å²) in [6.45, 7) is 4.43. The number of nitrogens with one attached hydrogen (secondary N) is 1. The van der Waals surface area contributed by atoms with Gasteiger partial charge in [0.25, 0.3) is 5.91 Å². The van der Waals surface area contributed by atoms with Crippen molar-refractivity contribution in [3.05, 3.63) is 66.1 Å². The average molecular weight is 334 g/mol. The Hall–Kier alpha value is -2.66. The van der Waals surface area contributed by atoms with E-state index < -0.39 is 0 Å². The van der Waals surface area contributed by atoms with Crippen molar-refractivity contribution in [3.63, 3.8) is 0 Å². The molecule has 0 unspecified atom stereocenters. The zero-order valence-electron chi connectivity index (χ0n) is 14.2. The van der Waals surface area contributed by atoms with Gasteiger partial charge in [0.05, 0.1) is 5.56 Å².